The standard InChI is InChI=1S/C16H16BrFN2O4S/c1-19(2)25(22,23)15-7-10(9-24-15)16(21)20-6-5-11-12(8-20)14(18)4-3-13(11)17/h3-4,7,9H,5-6,8H2,1-2H3. The number of rotatable bonds is 3. The Morgan fingerprint density at radius 1 is 1.32 bits per heavy atom. The van der Waals surface area contributed by atoms with E-state index < -0.39 is 15.9 Å². The highest BCUT2D eigenvalue weighted by atomic mass is 79.9. The maximum atomic E-state index is 14.1. The summed E-state index contributed by atoms with van der Waals surface area (Å²) < 4.78 is 45.0. The fourth-order valence-electron chi connectivity index (χ4n) is 2.69. The molecule has 1 amide bonds. The number of hydrogen-bond donors (Lipinski definition) is 0. The molecule has 0 aliphatic carbocycles. The van der Waals surface area contributed by atoms with Gasteiger partial charge in [0.1, 0.15) is 12.1 Å². The monoisotopic (exact) mass is 430 g/mol. The number of nitrogens with zero attached hydrogens (tertiary/aromatic N) is 2. The average Bonchev–Trinajstić information content (AvgIpc) is 3.08. The van der Waals surface area contributed by atoms with Gasteiger partial charge in [0.15, 0.2) is 0 Å². The van der Waals surface area contributed by atoms with E-state index in [2.05, 4.69) is 15.9 Å². The second-order valence-corrected chi connectivity index (χ2v) is 8.84. The van der Waals surface area contributed by atoms with Crippen molar-refractivity contribution >= 4 is 31.9 Å². The Morgan fingerprint density at radius 3 is 2.72 bits per heavy atom. The zero-order valence-corrected chi connectivity index (χ0v) is 16.0. The van der Waals surface area contributed by atoms with Crippen LogP contribution in [0.2, 0.25) is 0 Å². The van der Waals surface area contributed by atoms with Crippen LogP contribution in [-0.2, 0) is 23.0 Å². The third-order valence-corrected chi connectivity index (χ3v) is 6.57. The van der Waals surface area contributed by atoms with Crippen molar-refractivity contribution in [1.29, 1.82) is 0 Å². The molecule has 0 bridgehead atoms. The first-order chi connectivity index (χ1) is 11.7. The Hall–Kier alpha value is -1.71. The lowest BCUT2D eigenvalue weighted by atomic mass is 9.99. The van der Waals surface area contributed by atoms with Crippen LogP contribution >= 0.6 is 15.9 Å². The summed E-state index contributed by atoms with van der Waals surface area (Å²) in [7, 11) is -0.998. The zero-order chi connectivity index (χ0) is 18.4. The number of halogens is 2. The third-order valence-electron chi connectivity index (χ3n) is 4.14. The molecule has 0 radical (unpaired) electrons. The molecule has 1 aliphatic heterocycles. The first-order valence-electron chi connectivity index (χ1n) is 7.48. The summed E-state index contributed by atoms with van der Waals surface area (Å²) in [6, 6.07) is 4.21. The Balaban J connectivity index is 1.86. The molecule has 2 heterocycles. The number of benzene rings is 1. The highest BCUT2D eigenvalue weighted by Gasteiger charge is 2.28. The topological polar surface area (TPSA) is 70.8 Å². The van der Waals surface area contributed by atoms with Gasteiger partial charge in [0.25, 0.3) is 15.9 Å². The molecule has 0 saturated carbocycles. The average molecular weight is 431 g/mol. The van der Waals surface area contributed by atoms with Crippen LogP contribution in [0.5, 0.6) is 0 Å². The number of sulfonamides is 1. The SMILES string of the molecule is CN(C)S(=O)(=O)c1cc(C(=O)N2CCc3c(Br)ccc(F)c3C2)co1. The normalized spacial score (nSPS) is 14.7. The molecule has 0 spiro atoms. The van der Waals surface area contributed by atoms with Crippen molar-refractivity contribution in [3.8, 4) is 0 Å². The van der Waals surface area contributed by atoms with Gasteiger partial charge in [-0.1, -0.05) is 15.9 Å². The fourth-order valence-corrected chi connectivity index (χ4v) is 4.07. The van der Waals surface area contributed by atoms with Gasteiger partial charge in [-0.25, -0.2) is 17.1 Å². The fraction of sp³-hybridized carbons (Fsp3) is 0.312. The number of amides is 1. The molecule has 0 fully saturated rings. The zero-order valence-electron chi connectivity index (χ0n) is 13.6. The number of fused-ring (bicyclic) bond motifs is 1. The quantitative estimate of drug-likeness (QED) is 0.750. The highest BCUT2D eigenvalue weighted by Crippen LogP contribution is 2.29. The Labute approximate surface area is 153 Å². The summed E-state index contributed by atoms with van der Waals surface area (Å²) in [5.41, 5.74) is 1.45. The number of furan rings is 1. The Bertz CT molecular complexity index is 940. The Kier molecular flexibility index (Phi) is 4.74. The van der Waals surface area contributed by atoms with Crippen molar-refractivity contribution in [2.45, 2.75) is 18.1 Å². The van der Waals surface area contributed by atoms with Gasteiger partial charge in [0.05, 0.1) is 5.56 Å². The summed E-state index contributed by atoms with van der Waals surface area (Å²) in [5.74, 6) is -0.757. The second kappa shape index (κ2) is 6.54. The van der Waals surface area contributed by atoms with E-state index in [4.69, 9.17) is 4.42 Å². The molecule has 1 aromatic heterocycles. The molecular formula is C16H16BrFN2O4S. The van der Waals surface area contributed by atoms with E-state index in [-0.39, 0.29) is 23.0 Å². The van der Waals surface area contributed by atoms with Crippen LogP contribution < -0.4 is 0 Å². The van der Waals surface area contributed by atoms with Gasteiger partial charge in [0.2, 0.25) is 5.09 Å². The van der Waals surface area contributed by atoms with Crippen molar-refractivity contribution in [3.63, 3.8) is 0 Å². The van der Waals surface area contributed by atoms with Crippen molar-refractivity contribution < 1.29 is 22.0 Å². The summed E-state index contributed by atoms with van der Waals surface area (Å²) in [6.07, 6.45) is 1.63. The van der Waals surface area contributed by atoms with Crippen molar-refractivity contribution in [2.24, 2.45) is 0 Å². The largest absolute Gasteiger partial charge is 0.451 e. The van der Waals surface area contributed by atoms with Crippen LogP contribution in [0, 0.1) is 5.82 Å². The highest BCUT2D eigenvalue weighted by molar-refractivity contribution is 9.10. The minimum absolute atomic E-state index is 0.124. The van der Waals surface area contributed by atoms with Gasteiger partial charge in [-0.15, -0.1) is 0 Å². The lowest BCUT2D eigenvalue weighted by Gasteiger charge is -2.29. The molecule has 0 saturated heterocycles. The maximum absolute atomic E-state index is 14.1. The molecule has 2 aromatic rings. The van der Waals surface area contributed by atoms with E-state index in [0.29, 0.717) is 18.5 Å². The lowest BCUT2D eigenvalue weighted by Crippen LogP contribution is -2.36. The van der Waals surface area contributed by atoms with Crippen LogP contribution in [0.15, 0.2) is 38.4 Å². The molecule has 134 valence electrons. The van der Waals surface area contributed by atoms with Gasteiger partial charge in [0, 0.05) is 43.3 Å². The van der Waals surface area contributed by atoms with Crippen LogP contribution in [-0.4, -0.2) is 44.2 Å². The van der Waals surface area contributed by atoms with E-state index >= 15 is 0 Å². The van der Waals surface area contributed by atoms with Crippen LogP contribution in [0.4, 0.5) is 4.39 Å². The van der Waals surface area contributed by atoms with Crippen molar-refractivity contribution in [2.75, 3.05) is 20.6 Å². The molecule has 1 aromatic carbocycles. The molecule has 1 aliphatic rings. The smallest absolute Gasteiger partial charge is 0.275 e. The Morgan fingerprint density at radius 2 is 2.04 bits per heavy atom. The molecule has 0 unspecified atom stereocenters. The molecule has 25 heavy (non-hydrogen) atoms. The summed E-state index contributed by atoms with van der Waals surface area (Å²) in [6.45, 7) is 0.537. The second-order valence-electron chi connectivity index (χ2n) is 5.90. The van der Waals surface area contributed by atoms with Gasteiger partial charge in [-0.2, -0.15) is 0 Å². The number of carbonyl (C=O) groups is 1. The first-order valence-corrected chi connectivity index (χ1v) is 9.71. The predicted molar refractivity (Wildman–Crippen MR) is 92.1 cm³/mol. The summed E-state index contributed by atoms with van der Waals surface area (Å²) in [4.78, 5) is 14.1. The third kappa shape index (κ3) is 3.23. The van der Waals surface area contributed by atoms with E-state index in [1.165, 1.54) is 31.1 Å². The molecule has 0 N–H and O–H groups in total. The predicted octanol–water partition coefficient (Wildman–Crippen LogP) is 2.63. The van der Waals surface area contributed by atoms with Crippen molar-refractivity contribution in [3.05, 3.63) is 51.4 Å². The minimum Gasteiger partial charge on any atom is -0.451 e. The molecule has 9 heteroatoms. The summed E-state index contributed by atoms with van der Waals surface area (Å²) >= 11 is 3.40. The van der Waals surface area contributed by atoms with Crippen molar-refractivity contribution in [1.82, 2.24) is 9.21 Å². The van der Waals surface area contributed by atoms with Gasteiger partial charge < -0.3 is 9.32 Å². The van der Waals surface area contributed by atoms with E-state index in [9.17, 15) is 17.6 Å². The molecule has 6 nitrogen and oxygen atoms in total. The van der Waals surface area contributed by atoms with E-state index in [1.54, 1.807) is 6.07 Å². The maximum Gasteiger partial charge on any atom is 0.275 e. The van der Waals surface area contributed by atoms with E-state index in [1.807, 2.05) is 0 Å². The lowest BCUT2D eigenvalue weighted by molar-refractivity contribution is 0.0731. The number of carbonyl (C=O) groups excluding carboxylic acids is 1. The van der Waals surface area contributed by atoms with Gasteiger partial charge >= 0.3 is 0 Å². The van der Waals surface area contributed by atoms with Crippen LogP contribution in [0.1, 0.15) is 21.5 Å². The first kappa shape index (κ1) is 18.1. The molecule has 0 atom stereocenters. The van der Waals surface area contributed by atoms with Crippen LogP contribution in [0.3, 0.4) is 0 Å². The van der Waals surface area contributed by atoms with Gasteiger partial charge in [-0.3, -0.25) is 4.79 Å². The molecule has 3 rings (SSSR count). The number of hydrogen-bond acceptors (Lipinski definition) is 4. The summed E-state index contributed by atoms with van der Waals surface area (Å²) in [5, 5.41) is -0.299. The van der Waals surface area contributed by atoms with Gasteiger partial charge in [-0.05, 0) is 24.1 Å². The minimum atomic E-state index is -3.75. The molecular weight excluding hydrogens is 415 g/mol. The van der Waals surface area contributed by atoms with E-state index in [0.717, 1.165) is 20.6 Å². The van der Waals surface area contributed by atoms with Crippen LogP contribution in [0.25, 0.3) is 0 Å².